The van der Waals surface area contributed by atoms with Crippen LogP contribution in [0.25, 0.3) is 10.8 Å². The van der Waals surface area contributed by atoms with Crippen molar-refractivity contribution in [2.24, 2.45) is 0 Å². The van der Waals surface area contributed by atoms with Gasteiger partial charge in [0, 0.05) is 0 Å². The summed E-state index contributed by atoms with van der Waals surface area (Å²) in [6, 6.07) is 8.38. The summed E-state index contributed by atoms with van der Waals surface area (Å²) in [6.07, 6.45) is 0. The molecule has 0 heterocycles. The van der Waals surface area contributed by atoms with Gasteiger partial charge in [-0.05, 0) is 41.1 Å². The quantitative estimate of drug-likeness (QED) is 0.801. The van der Waals surface area contributed by atoms with Gasteiger partial charge in [-0.1, -0.05) is 6.07 Å². The third-order valence-electron chi connectivity index (χ3n) is 2.29. The van der Waals surface area contributed by atoms with Gasteiger partial charge in [0.1, 0.15) is 0 Å². The maximum atomic E-state index is 10.9. The molecule has 0 amide bonds. The molecule has 0 saturated carbocycles. The third-order valence-corrected chi connectivity index (χ3v) is 3.97. The molecule has 18 heavy (non-hydrogen) atoms. The van der Waals surface area contributed by atoms with Crippen molar-refractivity contribution in [3.8, 4) is 0 Å². The molecule has 2 aromatic carbocycles. The number of hydrogen-bond donors (Lipinski definition) is 2. The molecule has 95 valence electrons. The molecule has 8 heteroatoms. The third kappa shape index (κ3) is 2.51. The van der Waals surface area contributed by atoms with Crippen LogP contribution >= 0.6 is 0 Å². The normalized spacial score (nSPS) is 12.8. The van der Waals surface area contributed by atoms with Gasteiger partial charge >= 0.3 is 0 Å². The number of hydrogen-bond acceptors (Lipinski definition) is 4. The van der Waals surface area contributed by atoms with Crippen molar-refractivity contribution in [1.82, 2.24) is 0 Å². The fourth-order valence-corrected chi connectivity index (χ4v) is 2.44. The van der Waals surface area contributed by atoms with Crippen LogP contribution in [0.3, 0.4) is 0 Å². The molecular formula is C10H7O6S2. The van der Waals surface area contributed by atoms with E-state index in [0.29, 0.717) is 5.39 Å². The van der Waals surface area contributed by atoms with Gasteiger partial charge in [0.15, 0.2) is 0 Å². The zero-order chi connectivity index (χ0) is 13.6. The second kappa shape index (κ2) is 4.02. The molecule has 2 N–H and O–H groups in total. The summed E-state index contributed by atoms with van der Waals surface area (Å²) in [6.45, 7) is 0. The maximum Gasteiger partial charge on any atom is 0.294 e. The Kier molecular flexibility index (Phi) is 2.90. The van der Waals surface area contributed by atoms with E-state index in [9.17, 15) is 16.8 Å². The Labute approximate surface area is 103 Å². The smallest absolute Gasteiger partial charge is 0.282 e. The summed E-state index contributed by atoms with van der Waals surface area (Å²) in [5.41, 5.74) is 0. The van der Waals surface area contributed by atoms with E-state index in [-0.39, 0.29) is 10.3 Å². The standard InChI is InChI=1S/C10H7O6S2/c11-17(12,13)9-3-1-7-2-4-10(18(14,15)16)6-8(7)5-9/h1,3-6H,(H,11,12,13)(H,14,15,16). The highest BCUT2D eigenvalue weighted by molar-refractivity contribution is 7.86. The number of benzene rings is 2. The van der Waals surface area contributed by atoms with E-state index in [0.717, 1.165) is 18.2 Å². The maximum absolute atomic E-state index is 10.9. The van der Waals surface area contributed by atoms with Crippen molar-refractivity contribution in [2.75, 3.05) is 0 Å². The predicted molar refractivity (Wildman–Crippen MR) is 62.4 cm³/mol. The van der Waals surface area contributed by atoms with Gasteiger partial charge in [-0.15, -0.1) is 0 Å². The second-order valence-corrected chi connectivity index (χ2v) is 6.38. The molecule has 0 fully saturated rings. The number of fused-ring (bicyclic) bond motifs is 1. The first-order chi connectivity index (χ1) is 8.18. The summed E-state index contributed by atoms with van der Waals surface area (Å²) in [7, 11) is -8.75. The van der Waals surface area contributed by atoms with Crippen molar-refractivity contribution in [2.45, 2.75) is 9.79 Å². The molecule has 0 unspecified atom stereocenters. The highest BCUT2D eigenvalue weighted by Gasteiger charge is 2.13. The largest absolute Gasteiger partial charge is 0.294 e. The monoisotopic (exact) mass is 287 g/mol. The Morgan fingerprint density at radius 2 is 1.44 bits per heavy atom. The molecule has 0 aliphatic rings. The van der Waals surface area contributed by atoms with Gasteiger partial charge in [0.2, 0.25) is 0 Å². The SMILES string of the molecule is O=S(=O)(O)c1c[c]c2ccc(S(=O)(=O)O)cc2c1. The van der Waals surface area contributed by atoms with Crippen LogP contribution in [0.4, 0.5) is 0 Å². The van der Waals surface area contributed by atoms with E-state index in [1.807, 2.05) is 0 Å². The van der Waals surface area contributed by atoms with E-state index >= 15 is 0 Å². The first kappa shape index (κ1) is 13.0. The molecular weight excluding hydrogens is 280 g/mol. The summed E-state index contributed by atoms with van der Waals surface area (Å²) in [5, 5.41) is 0.676. The van der Waals surface area contributed by atoms with Gasteiger partial charge in [0.25, 0.3) is 20.2 Å². The Hall–Kier alpha value is -1.48. The van der Waals surface area contributed by atoms with Crippen molar-refractivity contribution in [3.05, 3.63) is 36.4 Å². The molecule has 0 atom stereocenters. The summed E-state index contributed by atoms with van der Waals surface area (Å²) in [4.78, 5) is -0.765. The first-order valence-corrected chi connectivity index (χ1v) is 7.46. The van der Waals surface area contributed by atoms with Crippen LogP contribution in [0.5, 0.6) is 0 Å². The van der Waals surface area contributed by atoms with Crippen molar-refractivity contribution in [1.29, 1.82) is 0 Å². The summed E-state index contributed by atoms with van der Waals surface area (Å²) >= 11 is 0. The summed E-state index contributed by atoms with van der Waals surface area (Å²) in [5.74, 6) is 0. The van der Waals surface area contributed by atoms with Crippen LogP contribution in [0, 0.1) is 6.07 Å². The zero-order valence-electron chi connectivity index (χ0n) is 8.73. The van der Waals surface area contributed by atoms with E-state index in [1.165, 1.54) is 12.1 Å². The minimum absolute atomic E-state index is 0.222. The molecule has 6 nitrogen and oxygen atoms in total. The van der Waals surface area contributed by atoms with Crippen LogP contribution in [0.1, 0.15) is 0 Å². The molecule has 0 bridgehead atoms. The highest BCUT2D eigenvalue weighted by atomic mass is 32.2. The van der Waals surface area contributed by atoms with E-state index < -0.39 is 25.1 Å². The Morgan fingerprint density at radius 1 is 0.889 bits per heavy atom. The predicted octanol–water partition coefficient (Wildman–Crippen LogP) is 1.13. The molecule has 1 radical (unpaired) electrons. The van der Waals surface area contributed by atoms with Crippen LogP contribution in [-0.4, -0.2) is 25.9 Å². The highest BCUT2D eigenvalue weighted by Crippen LogP contribution is 2.21. The molecule has 2 rings (SSSR count). The second-order valence-electron chi connectivity index (χ2n) is 3.53. The average molecular weight is 287 g/mol. The van der Waals surface area contributed by atoms with Crippen molar-refractivity contribution < 1.29 is 25.9 Å². The van der Waals surface area contributed by atoms with Gasteiger partial charge in [-0.3, -0.25) is 9.11 Å². The van der Waals surface area contributed by atoms with Crippen LogP contribution in [0.2, 0.25) is 0 Å². The average Bonchev–Trinajstić information content (AvgIpc) is 2.25. The van der Waals surface area contributed by atoms with Gasteiger partial charge in [0.05, 0.1) is 9.79 Å². The Bertz CT molecular complexity index is 754. The summed E-state index contributed by atoms with van der Waals surface area (Å²) < 4.78 is 61.5. The fraction of sp³-hybridized carbons (Fsp3) is 0. The van der Waals surface area contributed by atoms with E-state index in [1.54, 1.807) is 0 Å². The lowest BCUT2D eigenvalue weighted by Gasteiger charge is -2.02. The molecule has 0 spiro atoms. The Balaban J connectivity index is 2.76. The van der Waals surface area contributed by atoms with E-state index in [2.05, 4.69) is 6.07 Å². The Morgan fingerprint density at radius 3 is 2.00 bits per heavy atom. The lowest BCUT2D eigenvalue weighted by Crippen LogP contribution is -1.99. The van der Waals surface area contributed by atoms with Crippen LogP contribution in [-0.2, 0) is 20.2 Å². The topological polar surface area (TPSA) is 109 Å². The first-order valence-electron chi connectivity index (χ1n) is 4.58. The minimum atomic E-state index is -4.39. The van der Waals surface area contributed by atoms with E-state index in [4.69, 9.17) is 9.11 Å². The molecule has 2 aromatic rings. The lowest BCUT2D eigenvalue weighted by molar-refractivity contribution is 0.481. The van der Waals surface area contributed by atoms with Gasteiger partial charge in [-0.2, -0.15) is 16.8 Å². The van der Waals surface area contributed by atoms with Gasteiger partial charge < -0.3 is 0 Å². The van der Waals surface area contributed by atoms with Crippen molar-refractivity contribution >= 4 is 31.0 Å². The number of rotatable bonds is 2. The minimum Gasteiger partial charge on any atom is -0.282 e. The van der Waals surface area contributed by atoms with Crippen molar-refractivity contribution in [3.63, 3.8) is 0 Å². The lowest BCUT2D eigenvalue weighted by atomic mass is 10.1. The van der Waals surface area contributed by atoms with Crippen LogP contribution < -0.4 is 0 Å². The fourth-order valence-electron chi connectivity index (χ4n) is 1.44. The molecule has 0 aliphatic carbocycles. The molecule has 0 saturated heterocycles. The van der Waals surface area contributed by atoms with Gasteiger partial charge in [-0.25, -0.2) is 0 Å². The zero-order valence-corrected chi connectivity index (χ0v) is 10.4. The molecule has 0 aromatic heterocycles. The van der Waals surface area contributed by atoms with Crippen LogP contribution in [0.15, 0.2) is 40.1 Å². The molecule has 0 aliphatic heterocycles.